The number of rotatable bonds is 4. The van der Waals surface area contributed by atoms with Gasteiger partial charge in [-0.2, -0.15) is 0 Å². The van der Waals surface area contributed by atoms with Crippen LogP contribution in [0.5, 0.6) is 0 Å². The van der Waals surface area contributed by atoms with Crippen molar-refractivity contribution in [2.45, 2.75) is 0 Å². The average Bonchev–Trinajstić information content (AvgIpc) is 3.52. The molecule has 3 nitrogen and oxygen atoms in total. The van der Waals surface area contributed by atoms with Crippen LogP contribution in [-0.2, 0) is 0 Å². The molecule has 0 spiro atoms. The van der Waals surface area contributed by atoms with Gasteiger partial charge >= 0.3 is 0 Å². The monoisotopic (exact) mass is 503 g/mol. The van der Waals surface area contributed by atoms with Gasteiger partial charge in [0.15, 0.2) is 0 Å². The van der Waals surface area contributed by atoms with E-state index in [1.165, 1.54) is 0 Å². The van der Waals surface area contributed by atoms with Crippen LogP contribution >= 0.6 is 0 Å². The maximum atomic E-state index is 6.51. The summed E-state index contributed by atoms with van der Waals surface area (Å²) < 4.78 is 12.7. The van der Waals surface area contributed by atoms with Crippen molar-refractivity contribution in [3.8, 4) is 0 Å². The number of nitrogens with zero attached hydrogens (tertiary/aromatic N) is 1. The Labute approximate surface area is 226 Å². The summed E-state index contributed by atoms with van der Waals surface area (Å²) in [6, 6.07) is 25.0. The third-order valence-electron chi connectivity index (χ3n) is 7.34. The van der Waals surface area contributed by atoms with Crippen LogP contribution in [0.25, 0.3) is 55.0 Å². The highest BCUT2D eigenvalue weighted by molar-refractivity contribution is 6.22. The summed E-state index contributed by atoms with van der Waals surface area (Å²) in [4.78, 5) is 2.20. The predicted molar refractivity (Wildman–Crippen MR) is 165 cm³/mol. The first kappa shape index (κ1) is 22.9. The first-order valence-corrected chi connectivity index (χ1v) is 12.9. The van der Waals surface area contributed by atoms with Crippen molar-refractivity contribution in [1.82, 2.24) is 0 Å². The van der Waals surface area contributed by atoms with E-state index in [4.69, 9.17) is 8.83 Å². The SMILES string of the molecule is C=C/C=C(\C=C)c1ccc2oc3ccc4c5cc(N6/C=C\C=C/C(=C)c7ccccc76)ccc5oc4c3c2c1. The highest BCUT2D eigenvalue weighted by atomic mass is 16.3. The number of allylic oxidation sites excluding steroid dienone is 8. The number of anilines is 2. The minimum Gasteiger partial charge on any atom is -0.456 e. The van der Waals surface area contributed by atoms with Gasteiger partial charge in [-0.05, 0) is 71.3 Å². The summed E-state index contributed by atoms with van der Waals surface area (Å²) in [6.07, 6.45) is 13.8. The van der Waals surface area contributed by atoms with E-state index >= 15 is 0 Å². The van der Waals surface area contributed by atoms with Gasteiger partial charge in [-0.15, -0.1) is 0 Å². The molecule has 1 aliphatic heterocycles. The summed E-state index contributed by atoms with van der Waals surface area (Å²) in [7, 11) is 0. The van der Waals surface area contributed by atoms with Crippen LogP contribution < -0.4 is 4.90 Å². The van der Waals surface area contributed by atoms with E-state index in [1.807, 2.05) is 60.7 Å². The Hall–Kier alpha value is -5.28. The Kier molecular flexibility index (Phi) is 5.24. The first-order chi connectivity index (χ1) is 19.2. The molecule has 1 aliphatic rings. The van der Waals surface area contributed by atoms with E-state index in [0.29, 0.717) is 0 Å². The maximum Gasteiger partial charge on any atom is 0.147 e. The Morgan fingerprint density at radius 2 is 1.59 bits per heavy atom. The molecule has 3 heterocycles. The molecule has 0 fully saturated rings. The lowest BCUT2D eigenvalue weighted by Gasteiger charge is -2.25. The number of hydrogen-bond acceptors (Lipinski definition) is 3. The molecule has 0 bridgehead atoms. The molecule has 186 valence electrons. The van der Waals surface area contributed by atoms with Crippen molar-refractivity contribution in [2.75, 3.05) is 4.90 Å². The maximum absolute atomic E-state index is 6.51. The standard InChI is InChI=1S/C36H25NO2/c1-4-10-24(5-2)25-14-17-33-30(21-25)35-34(38-33)19-16-28-29-22-26(15-18-32(29)39-36(28)35)37-20-9-8-11-23(3)27-12-6-7-13-31(27)37/h4-22H,1-3H2/b11-8-,20-9-,24-10+. The van der Waals surface area contributed by atoms with Gasteiger partial charge in [-0.3, -0.25) is 0 Å². The molecule has 0 unspecified atom stereocenters. The first-order valence-electron chi connectivity index (χ1n) is 12.9. The van der Waals surface area contributed by atoms with Crippen LogP contribution in [-0.4, -0.2) is 0 Å². The molecule has 0 saturated heterocycles. The summed E-state index contributed by atoms with van der Waals surface area (Å²) in [5.41, 5.74) is 9.52. The van der Waals surface area contributed by atoms with Crippen LogP contribution in [0, 0.1) is 0 Å². The van der Waals surface area contributed by atoms with Crippen molar-refractivity contribution in [3.63, 3.8) is 0 Å². The summed E-state index contributed by atoms with van der Waals surface area (Å²) >= 11 is 0. The van der Waals surface area contributed by atoms with E-state index in [-0.39, 0.29) is 0 Å². The van der Waals surface area contributed by atoms with Gasteiger partial charge in [0.05, 0.1) is 11.1 Å². The number of furan rings is 2. The van der Waals surface area contributed by atoms with E-state index in [0.717, 1.165) is 77.5 Å². The van der Waals surface area contributed by atoms with Gasteiger partial charge in [0.1, 0.15) is 22.3 Å². The molecule has 6 aromatic rings. The molecule has 0 radical (unpaired) electrons. The summed E-state index contributed by atoms with van der Waals surface area (Å²) in [6.45, 7) is 12.1. The largest absolute Gasteiger partial charge is 0.456 e. The van der Waals surface area contributed by atoms with Crippen molar-refractivity contribution in [1.29, 1.82) is 0 Å². The molecule has 3 heteroatoms. The molecule has 0 amide bonds. The van der Waals surface area contributed by atoms with Crippen LogP contribution in [0.2, 0.25) is 0 Å². The summed E-state index contributed by atoms with van der Waals surface area (Å²) in [5.74, 6) is 0. The van der Waals surface area contributed by atoms with Crippen LogP contribution in [0.4, 0.5) is 11.4 Å². The highest BCUT2D eigenvalue weighted by Gasteiger charge is 2.19. The molecular weight excluding hydrogens is 478 g/mol. The smallest absolute Gasteiger partial charge is 0.147 e. The quantitative estimate of drug-likeness (QED) is 0.224. The Morgan fingerprint density at radius 3 is 2.46 bits per heavy atom. The molecule has 0 aliphatic carbocycles. The lowest BCUT2D eigenvalue weighted by Crippen LogP contribution is -2.11. The number of hydrogen-bond donors (Lipinski definition) is 0. The van der Waals surface area contributed by atoms with E-state index in [1.54, 1.807) is 6.08 Å². The molecule has 0 N–H and O–H groups in total. The van der Waals surface area contributed by atoms with Gasteiger partial charge in [0, 0.05) is 33.6 Å². The van der Waals surface area contributed by atoms with Crippen molar-refractivity contribution in [2.24, 2.45) is 0 Å². The minimum atomic E-state index is 0.799. The van der Waals surface area contributed by atoms with Gasteiger partial charge in [-0.1, -0.05) is 74.4 Å². The van der Waals surface area contributed by atoms with E-state index in [2.05, 4.69) is 73.3 Å². The zero-order valence-corrected chi connectivity index (χ0v) is 21.4. The molecule has 2 aromatic heterocycles. The molecular formula is C36H25NO2. The molecule has 0 atom stereocenters. The van der Waals surface area contributed by atoms with Gasteiger partial charge < -0.3 is 13.7 Å². The van der Waals surface area contributed by atoms with E-state index < -0.39 is 0 Å². The fraction of sp³-hybridized carbons (Fsp3) is 0. The number of para-hydroxylation sites is 1. The zero-order valence-electron chi connectivity index (χ0n) is 21.4. The fourth-order valence-corrected chi connectivity index (χ4v) is 5.48. The second-order valence-electron chi connectivity index (χ2n) is 9.59. The molecule has 0 saturated carbocycles. The second kappa shape index (κ2) is 8.93. The summed E-state index contributed by atoms with van der Waals surface area (Å²) in [5, 5.41) is 4.08. The van der Waals surface area contributed by atoms with Gasteiger partial charge in [0.25, 0.3) is 0 Å². The Morgan fingerprint density at radius 1 is 0.769 bits per heavy atom. The third-order valence-corrected chi connectivity index (χ3v) is 7.34. The lowest BCUT2D eigenvalue weighted by molar-refractivity contribution is 0.663. The predicted octanol–water partition coefficient (Wildman–Crippen LogP) is 10.5. The molecule has 39 heavy (non-hydrogen) atoms. The third kappa shape index (κ3) is 3.59. The lowest BCUT2D eigenvalue weighted by atomic mass is 10.0. The average molecular weight is 504 g/mol. The fourth-order valence-electron chi connectivity index (χ4n) is 5.48. The minimum absolute atomic E-state index is 0.799. The van der Waals surface area contributed by atoms with Crippen molar-refractivity contribution >= 4 is 66.4 Å². The van der Waals surface area contributed by atoms with E-state index in [9.17, 15) is 0 Å². The normalized spacial score (nSPS) is 15.4. The van der Waals surface area contributed by atoms with Crippen molar-refractivity contribution in [3.05, 3.63) is 146 Å². The number of fused-ring (bicyclic) bond motifs is 8. The molecule has 4 aromatic carbocycles. The van der Waals surface area contributed by atoms with Gasteiger partial charge in [0.2, 0.25) is 0 Å². The van der Waals surface area contributed by atoms with Crippen LogP contribution in [0.15, 0.2) is 144 Å². The van der Waals surface area contributed by atoms with Crippen LogP contribution in [0.3, 0.4) is 0 Å². The molecule has 7 rings (SSSR count). The Balaban J connectivity index is 1.45. The van der Waals surface area contributed by atoms with Gasteiger partial charge in [-0.25, -0.2) is 0 Å². The zero-order chi connectivity index (χ0) is 26.5. The van der Waals surface area contributed by atoms with Crippen molar-refractivity contribution < 1.29 is 8.83 Å². The topological polar surface area (TPSA) is 29.5 Å². The number of benzene rings is 4. The highest BCUT2D eigenvalue weighted by Crippen LogP contribution is 2.42. The second-order valence-corrected chi connectivity index (χ2v) is 9.59. The van der Waals surface area contributed by atoms with Crippen LogP contribution in [0.1, 0.15) is 11.1 Å². The Bertz CT molecular complexity index is 2080.